The van der Waals surface area contributed by atoms with Gasteiger partial charge in [-0.1, -0.05) is 67.4 Å². The Morgan fingerprint density at radius 1 is 1.09 bits per heavy atom. The molecule has 0 aromatic heterocycles. The predicted octanol–water partition coefficient (Wildman–Crippen LogP) is 3.97. The lowest BCUT2D eigenvalue weighted by atomic mass is 10.0. The highest BCUT2D eigenvalue weighted by Gasteiger charge is 2.31. The smallest absolute Gasteiger partial charge is 0.407 e. The third-order valence-electron chi connectivity index (χ3n) is 4.74. The van der Waals surface area contributed by atoms with E-state index in [1.807, 2.05) is 44.2 Å². The molecule has 0 bridgehead atoms. The number of benzene rings is 2. The molecule has 10 heteroatoms. The van der Waals surface area contributed by atoms with Crippen LogP contribution in [0.15, 0.2) is 53.4 Å². The summed E-state index contributed by atoms with van der Waals surface area (Å²) in [6.45, 7) is 3.67. The summed E-state index contributed by atoms with van der Waals surface area (Å²) in [6.07, 6.45) is -1.63. The maximum Gasteiger partial charge on any atom is 0.407 e. The van der Waals surface area contributed by atoms with E-state index in [1.54, 1.807) is 0 Å². The van der Waals surface area contributed by atoms with Gasteiger partial charge in [-0.3, -0.25) is 0 Å². The summed E-state index contributed by atoms with van der Waals surface area (Å²) in [6, 6.07) is 12.6. The first-order chi connectivity index (χ1) is 15.0. The number of ether oxygens (including phenoxy) is 1. The second-order valence-electron chi connectivity index (χ2n) is 7.79. The van der Waals surface area contributed by atoms with Gasteiger partial charge in [0.1, 0.15) is 0 Å². The minimum Gasteiger partial charge on any atom is -0.453 e. The Morgan fingerprint density at radius 2 is 1.75 bits per heavy atom. The third-order valence-corrected chi connectivity index (χ3v) is 7.31. The molecule has 2 aromatic rings. The number of hydrogen-bond donors (Lipinski definition) is 2. The fraction of sp³-hybridized carbons (Fsp3) is 0.409. The summed E-state index contributed by atoms with van der Waals surface area (Å²) in [7, 11) is -2.76. The van der Waals surface area contributed by atoms with E-state index in [0.717, 1.165) is 5.56 Å². The number of methoxy groups -OCH3 is 1. The number of rotatable bonds is 10. The van der Waals surface area contributed by atoms with E-state index < -0.39 is 28.3 Å². The highest BCUT2D eigenvalue weighted by molar-refractivity contribution is 7.89. The summed E-state index contributed by atoms with van der Waals surface area (Å²) in [5, 5.41) is 14.0. The number of halogens is 2. The molecule has 2 atom stereocenters. The molecular formula is C22H28Cl2N2O5S. The Balaban J connectivity index is 2.32. The van der Waals surface area contributed by atoms with Gasteiger partial charge in [0.15, 0.2) is 0 Å². The standard InChI is InChI=1S/C22H28Cl2N2O5S/c1-15(2)13-26(32(29,30)17-9-10-18(23)19(24)12-17)14-21(27)20(25-22(28)31-3)11-16-7-5-4-6-8-16/h4-10,12,15,20-21,27H,11,13-14H2,1-3H3,(H,25,28)/t20-,21+/m0/s1. The van der Waals surface area contributed by atoms with E-state index in [4.69, 9.17) is 23.2 Å². The lowest BCUT2D eigenvalue weighted by Crippen LogP contribution is -2.51. The first-order valence-corrected chi connectivity index (χ1v) is 12.3. The van der Waals surface area contributed by atoms with Crippen LogP contribution in [0.3, 0.4) is 0 Å². The van der Waals surface area contributed by atoms with Gasteiger partial charge >= 0.3 is 6.09 Å². The number of sulfonamides is 1. The van der Waals surface area contributed by atoms with Gasteiger partial charge in [-0.15, -0.1) is 0 Å². The number of carbonyl (C=O) groups excluding carboxylic acids is 1. The second-order valence-corrected chi connectivity index (χ2v) is 10.5. The summed E-state index contributed by atoms with van der Waals surface area (Å²) in [5.74, 6) is -0.0131. The number of carbonyl (C=O) groups is 1. The number of alkyl carbamates (subject to hydrolysis) is 1. The minimum absolute atomic E-state index is 0.0131. The third kappa shape index (κ3) is 7.35. The lowest BCUT2D eigenvalue weighted by molar-refractivity contribution is 0.0944. The highest BCUT2D eigenvalue weighted by Crippen LogP contribution is 2.27. The van der Waals surface area contributed by atoms with E-state index in [9.17, 15) is 18.3 Å². The SMILES string of the molecule is COC(=O)N[C@@H](Cc1ccccc1)[C@H](O)CN(CC(C)C)S(=O)(=O)c1ccc(Cl)c(Cl)c1. The zero-order chi connectivity index (χ0) is 23.9. The van der Waals surface area contributed by atoms with Crippen molar-refractivity contribution in [3.8, 4) is 0 Å². The Morgan fingerprint density at radius 3 is 2.31 bits per heavy atom. The molecule has 0 spiro atoms. The molecule has 0 aliphatic carbocycles. The number of aliphatic hydroxyl groups is 1. The van der Waals surface area contributed by atoms with E-state index in [2.05, 4.69) is 10.1 Å². The maximum atomic E-state index is 13.3. The van der Waals surface area contributed by atoms with Crippen molar-refractivity contribution in [1.82, 2.24) is 9.62 Å². The van der Waals surface area contributed by atoms with Crippen LogP contribution in [0.1, 0.15) is 19.4 Å². The van der Waals surface area contributed by atoms with Gasteiger partial charge in [-0.25, -0.2) is 13.2 Å². The van der Waals surface area contributed by atoms with E-state index in [-0.39, 0.29) is 33.9 Å². The van der Waals surface area contributed by atoms with Crippen LogP contribution in [0, 0.1) is 5.92 Å². The van der Waals surface area contributed by atoms with Crippen LogP contribution in [-0.4, -0.2) is 56.3 Å². The molecule has 0 fully saturated rings. The zero-order valence-electron chi connectivity index (χ0n) is 18.2. The lowest BCUT2D eigenvalue weighted by Gasteiger charge is -2.30. The van der Waals surface area contributed by atoms with Crippen molar-refractivity contribution in [2.75, 3.05) is 20.2 Å². The average Bonchev–Trinajstić information content (AvgIpc) is 2.74. The van der Waals surface area contributed by atoms with E-state index in [1.165, 1.54) is 29.6 Å². The van der Waals surface area contributed by atoms with Crippen molar-refractivity contribution < 1.29 is 23.1 Å². The monoisotopic (exact) mass is 502 g/mol. The van der Waals surface area contributed by atoms with Gasteiger partial charge < -0.3 is 15.2 Å². The average molecular weight is 503 g/mol. The summed E-state index contributed by atoms with van der Waals surface area (Å²) < 4.78 is 32.5. The fourth-order valence-electron chi connectivity index (χ4n) is 3.16. The molecule has 2 aromatic carbocycles. The Labute approximate surface area is 199 Å². The Bertz CT molecular complexity index is 1000. The quantitative estimate of drug-likeness (QED) is 0.512. The van der Waals surface area contributed by atoms with Gasteiger partial charge in [-0.2, -0.15) is 4.31 Å². The minimum atomic E-state index is -3.98. The van der Waals surface area contributed by atoms with Crippen LogP contribution in [0.4, 0.5) is 4.79 Å². The molecule has 176 valence electrons. The van der Waals surface area contributed by atoms with Gasteiger partial charge in [0.05, 0.1) is 34.2 Å². The number of aliphatic hydroxyl groups excluding tert-OH is 1. The van der Waals surface area contributed by atoms with Crippen molar-refractivity contribution in [2.24, 2.45) is 5.92 Å². The first-order valence-electron chi connectivity index (χ1n) is 10.1. The summed E-state index contributed by atoms with van der Waals surface area (Å²) in [5.41, 5.74) is 0.871. The topological polar surface area (TPSA) is 95.9 Å². The summed E-state index contributed by atoms with van der Waals surface area (Å²) in [4.78, 5) is 11.8. The van der Waals surface area contributed by atoms with Crippen molar-refractivity contribution in [3.05, 3.63) is 64.1 Å². The number of hydrogen-bond acceptors (Lipinski definition) is 5. The second kappa shape index (κ2) is 11.9. The molecule has 1 amide bonds. The van der Waals surface area contributed by atoms with Crippen LogP contribution in [0.5, 0.6) is 0 Å². The molecule has 0 saturated carbocycles. The van der Waals surface area contributed by atoms with Gasteiger partial charge in [0, 0.05) is 13.1 Å². The number of nitrogens with zero attached hydrogens (tertiary/aromatic N) is 1. The summed E-state index contributed by atoms with van der Waals surface area (Å²) >= 11 is 12.0. The Kier molecular flexibility index (Phi) is 9.79. The molecule has 0 radical (unpaired) electrons. The van der Waals surface area contributed by atoms with Crippen molar-refractivity contribution in [1.29, 1.82) is 0 Å². The number of nitrogens with one attached hydrogen (secondary N) is 1. The van der Waals surface area contributed by atoms with Crippen LogP contribution in [-0.2, 0) is 21.2 Å². The van der Waals surface area contributed by atoms with Gasteiger partial charge in [-0.05, 0) is 36.1 Å². The molecule has 0 saturated heterocycles. The van der Waals surface area contributed by atoms with Crippen molar-refractivity contribution >= 4 is 39.3 Å². The molecule has 32 heavy (non-hydrogen) atoms. The van der Waals surface area contributed by atoms with Crippen LogP contribution >= 0.6 is 23.2 Å². The van der Waals surface area contributed by atoms with E-state index >= 15 is 0 Å². The van der Waals surface area contributed by atoms with E-state index in [0.29, 0.717) is 6.42 Å². The zero-order valence-corrected chi connectivity index (χ0v) is 20.5. The van der Waals surface area contributed by atoms with Crippen LogP contribution < -0.4 is 5.32 Å². The van der Waals surface area contributed by atoms with Crippen molar-refractivity contribution in [2.45, 2.75) is 37.3 Å². The molecule has 0 unspecified atom stereocenters. The normalized spacial score (nSPS) is 13.8. The molecule has 7 nitrogen and oxygen atoms in total. The molecule has 0 aliphatic rings. The fourth-order valence-corrected chi connectivity index (χ4v) is 5.17. The first kappa shape index (κ1) is 26.4. The van der Waals surface area contributed by atoms with Crippen LogP contribution in [0.2, 0.25) is 10.0 Å². The molecular weight excluding hydrogens is 475 g/mol. The van der Waals surface area contributed by atoms with Crippen molar-refractivity contribution in [3.63, 3.8) is 0 Å². The molecule has 2 N–H and O–H groups in total. The molecule has 0 heterocycles. The highest BCUT2D eigenvalue weighted by atomic mass is 35.5. The largest absolute Gasteiger partial charge is 0.453 e. The maximum absolute atomic E-state index is 13.3. The van der Waals surface area contributed by atoms with Gasteiger partial charge in [0.2, 0.25) is 10.0 Å². The molecule has 2 rings (SSSR count). The van der Waals surface area contributed by atoms with Gasteiger partial charge in [0.25, 0.3) is 0 Å². The predicted molar refractivity (Wildman–Crippen MR) is 126 cm³/mol. The molecule has 0 aliphatic heterocycles. The number of amides is 1. The van der Waals surface area contributed by atoms with Crippen LogP contribution in [0.25, 0.3) is 0 Å². The Hall–Kier alpha value is -1.84.